The lowest BCUT2D eigenvalue weighted by Crippen LogP contribution is -2.48. The summed E-state index contributed by atoms with van der Waals surface area (Å²) in [5.74, 6) is -11.1. The summed E-state index contributed by atoms with van der Waals surface area (Å²) >= 11 is 0. The summed E-state index contributed by atoms with van der Waals surface area (Å²) in [6.45, 7) is 9.51. The minimum atomic E-state index is -1.95. The molecule has 0 bridgehead atoms. The number of benzene rings is 8. The number of ketones is 3. The van der Waals surface area contributed by atoms with E-state index in [-0.39, 0.29) is 86.7 Å². The fourth-order valence-electron chi connectivity index (χ4n) is 10.2. The van der Waals surface area contributed by atoms with Crippen molar-refractivity contribution >= 4 is 41.2 Å². The molecule has 0 spiro atoms. The number of hydrogen-bond donors (Lipinski definition) is 34. The molecular formula is C90H118O45. The van der Waals surface area contributed by atoms with Gasteiger partial charge in [0.2, 0.25) is 0 Å². The third kappa shape index (κ3) is 41.0. The zero-order valence-corrected chi connectivity index (χ0v) is 73.8. The molecule has 0 aliphatic carbocycles. The molecule has 18 atom stereocenters. The van der Waals surface area contributed by atoms with Crippen molar-refractivity contribution in [3.8, 4) is 92.0 Å². The van der Waals surface area contributed by atoms with Gasteiger partial charge in [-0.1, -0.05) is 70.5 Å². The Hall–Kier alpha value is -13.3. The average Bonchev–Trinajstić information content (AvgIpc) is 0.777. The molecule has 8 aromatic rings. The number of phenols is 16. The van der Waals surface area contributed by atoms with E-state index in [1.807, 2.05) is 20.8 Å². The number of esters is 4. The van der Waals surface area contributed by atoms with E-state index in [9.17, 15) is 146 Å². The number of aliphatic hydroxyl groups excluding tert-OH is 18. The number of carbonyl (C=O) groups is 7. The Morgan fingerprint density at radius 1 is 0.267 bits per heavy atom. The van der Waals surface area contributed by atoms with Crippen LogP contribution in [-0.4, -0.2) is 327 Å². The van der Waals surface area contributed by atoms with Crippen LogP contribution in [0.2, 0.25) is 0 Å². The summed E-state index contributed by atoms with van der Waals surface area (Å²) in [4.78, 5) is 79.1. The van der Waals surface area contributed by atoms with Gasteiger partial charge in [0, 0.05) is 0 Å². The lowest BCUT2D eigenvalue weighted by molar-refractivity contribution is -0.162. The first-order valence-electron chi connectivity index (χ1n) is 40.5. The van der Waals surface area contributed by atoms with Gasteiger partial charge >= 0.3 is 23.9 Å². The Morgan fingerprint density at radius 3 is 0.859 bits per heavy atom. The summed E-state index contributed by atoms with van der Waals surface area (Å²) in [5.41, 5.74) is 2.60. The number of rotatable bonds is 34. The molecule has 0 radical (unpaired) electrons. The van der Waals surface area contributed by atoms with Gasteiger partial charge < -0.3 is 193 Å². The molecule has 0 saturated heterocycles. The van der Waals surface area contributed by atoms with Crippen LogP contribution < -0.4 is 0 Å². The summed E-state index contributed by atoms with van der Waals surface area (Å²) in [5, 5.41) is 317. The van der Waals surface area contributed by atoms with Gasteiger partial charge in [-0.25, -0.2) is 19.2 Å². The Bertz CT molecular complexity index is 5030. The van der Waals surface area contributed by atoms with Gasteiger partial charge in [0.25, 0.3) is 0 Å². The van der Waals surface area contributed by atoms with Crippen LogP contribution in [0, 0.1) is 6.92 Å². The van der Waals surface area contributed by atoms with Gasteiger partial charge in [-0.15, -0.1) is 0 Å². The maximum Gasteiger partial charge on any atom is 0.339 e. The van der Waals surface area contributed by atoms with E-state index in [0.717, 1.165) is 98.5 Å². The summed E-state index contributed by atoms with van der Waals surface area (Å²) in [6, 6.07) is 30.6. The van der Waals surface area contributed by atoms with Crippen molar-refractivity contribution in [3.05, 3.63) is 190 Å². The van der Waals surface area contributed by atoms with Crippen molar-refractivity contribution in [1.29, 1.82) is 0 Å². The second kappa shape index (κ2) is 59.4. The number of aryl methyl sites for hydroxylation is 2. The summed E-state index contributed by atoms with van der Waals surface area (Å²) in [6.07, 6.45) is -25.7. The highest BCUT2D eigenvalue weighted by Gasteiger charge is 2.36. The van der Waals surface area contributed by atoms with Gasteiger partial charge in [-0.3, -0.25) is 14.4 Å². The predicted octanol–water partition coefficient (Wildman–Crippen LogP) is 0.627. The fraction of sp³-hybridized carbons (Fsp3) is 0.389. The number of phenolic OH excluding ortho intramolecular Hbond substituents is 16. The molecule has 0 amide bonds. The standard InChI is InChI=1S/2C14H18O9.2C14H20O8.C10H14O3.C9H10O4.C8H10O2.C7H8O2/c1-6(15)11(19)13(21)12(20)10(18)5-23-14(22)7-2-3-8(16)9(17)4-7;1-6(15)11(19)13(21)10(18)5-23-14(22)12(20)7-2-3-8(16)9(17)4-7;1-2-8(15)12(19)13(20)11(18)6-22-14(21)7-3-4-9(16)10(17)5-7;1-2-8(15)13(20)11(18)6-22-14(21)12(19)7-3-4-9(16)10(17)5-7;1-2-3-8(11)7-4-5-9(12)10(13)6-7;1-5(10)9(13)6-2-3-7(11)8(12)4-6;1-2-6-3-4-7(9)8(10)5-6;1-5-2-3-6(8)7(9)4-5/h2*2-4,10-13,16-21H,5H2,1H3;2*3-5,8,11-13,15-20H,2,6H2,1H3;4-6,8,11-13H,2-3H2,1H3;2-4,9,11-13H,1H3;3-5,9-10H,2H2,1H3;2-4,8-9H,1H3. The highest BCUT2D eigenvalue weighted by molar-refractivity contribution is 5.91. The van der Waals surface area contributed by atoms with Crippen LogP contribution >= 0.6 is 0 Å². The lowest BCUT2D eigenvalue weighted by atomic mass is 10.0. The van der Waals surface area contributed by atoms with Crippen molar-refractivity contribution in [2.24, 2.45) is 0 Å². The zero-order valence-electron chi connectivity index (χ0n) is 73.8. The molecule has 8 aromatic carbocycles. The van der Waals surface area contributed by atoms with E-state index in [2.05, 4.69) is 14.2 Å². The Morgan fingerprint density at radius 2 is 0.541 bits per heavy atom. The first-order valence-corrected chi connectivity index (χ1v) is 40.5. The minimum absolute atomic E-state index is 0.0102. The minimum Gasteiger partial charge on any atom is -0.504 e. The van der Waals surface area contributed by atoms with Crippen LogP contribution in [0.4, 0.5) is 0 Å². The number of carbonyl (C=O) groups excluding carboxylic acids is 7. The molecule has 34 N–H and O–H groups in total. The zero-order chi connectivity index (χ0) is 103. The molecule has 748 valence electrons. The summed E-state index contributed by atoms with van der Waals surface area (Å²) < 4.78 is 18.6. The monoisotopic (exact) mass is 1920 g/mol. The molecule has 45 nitrogen and oxygen atoms in total. The van der Waals surface area contributed by atoms with E-state index < -0.39 is 224 Å². The Balaban J connectivity index is 0.000000786. The first-order chi connectivity index (χ1) is 62.9. The highest BCUT2D eigenvalue weighted by atomic mass is 16.6. The normalized spacial score (nSPS) is 14.7. The highest BCUT2D eigenvalue weighted by Crippen LogP contribution is 2.35. The Labute approximate surface area is 770 Å². The lowest BCUT2D eigenvalue weighted by Gasteiger charge is -2.25. The Kier molecular flexibility index (Phi) is 52.7. The number of Topliss-reactive ketones (excluding diaryl/α,β-unsaturated/α-hetero) is 3. The fourth-order valence-corrected chi connectivity index (χ4v) is 10.2. The van der Waals surface area contributed by atoms with Gasteiger partial charge in [-0.2, -0.15) is 0 Å². The molecule has 0 aliphatic heterocycles. The maximum atomic E-state index is 11.7. The van der Waals surface area contributed by atoms with E-state index in [1.165, 1.54) is 67.6 Å². The molecule has 0 saturated carbocycles. The van der Waals surface area contributed by atoms with Crippen LogP contribution in [0.5, 0.6) is 92.0 Å². The van der Waals surface area contributed by atoms with Crippen LogP contribution in [0.1, 0.15) is 153 Å². The maximum absolute atomic E-state index is 11.7. The van der Waals surface area contributed by atoms with Crippen molar-refractivity contribution in [3.63, 3.8) is 0 Å². The van der Waals surface area contributed by atoms with Crippen molar-refractivity contribution in [1.82, 2.24) is 0 Å². The number of aliphatic hydroxyl groups is 18. The summed E-state index contributed by atoms with van der Waals surface area (Å²) in [7, 11) is 0. The number of aromatic hydroxyl groups is 16. The number of hydrogen-bond acceptors (Lipinski definition) is 45. The first kappa shape index (κ1) is 120. The van der Waals surface area contributed by atoms with Gasteiger partial charge in [-0.05, 0) is 196 Å². The smallest absolute Gasteiger partial charge is 0.339 e. The van der Waals surface area contributed by atoms with Gasteiger partial charge in [0.15, 0.2) is 122 Å². The topological polar surface area (TPSA) is 844 Å². The van der Waals surface area contributed by atoms with Crippen molar-refractivity contribution in [2.45, 2.75) is 197 Å². The third-order valence-corrected chi connectivity index (χ3v) is 18.7. The van der Waals surface area contributed by atoms with Crippen LogP contribution in [0.25, 0.3) is 0 Å². The van der Waals surface area contributed by atoms with Crippen LogP contribution in [0.3, 0.4) is 0 Å². The second-order valence-corrected chi connectivity index (χ2v) is 29.4. The van der Waals surface area contributed by atoms with Crippen molar-refractivity contribution in [2.75, 3.05) is 26.4 Å². The molecular weight excluding hydrogens is 1800 g/mol. The quantitative estimate of drug-likeness (QED) is 0.0149. The molecule has 0 heterocycles. The third-order valence-electron chi connectivity index (χ3n) is 18.7. The molecule has 45 heteroatoms. The van der Waals surface area contributed by atoms with E-state index in [4.69, 9.17) is 66.0 Å². The van der Waals surface area contributed by atoms with E-state index in [0.29, 0.717) is 12.0 Å². The van der Waals surface area contributed by atoms with E-state index in [1.54, 1.807) is 38.1 Å². The number of ether oxygens (including phenoxy) is 4. The van der Waals surface area contributed by atoms with E-state index >= 15 is 0 Å². The molecule has 18 unspecified atom stereocenters. The molecule has 0 aromatic heterocycles. The van der Waals surface area contributed by atoms with Crippen LogP contribution in [-0.2, 0) is 49.3 Å². The molecule has 0 aliphatic rings. The second-order valence-electron chi connectivity index (χ2n) is 29.4. The van der Waals surface area contributed by atoms with Gasteiger partial charge in [0.1, 0.15) is 106 Å². The largest absolute Gasteiger partial charge is 0.504 e. The molecule has 135 heavy (non-hydrogen) atoms. The van der Waals surface area contributed by atoms with Gasteiger partial charge in [0.05, 0.1) is 29.4 Å². The molecule has 8 rings (SSSR count). The molecule has 0 fully saturated rings. The average molecular weight is 1920 g/mol. The SMILES string of the molecule is CC(=O)C(O)C(O)C(O)C(O)COC(=O)c1ccc(O)c(O)c1.CC(=O)C(O)C(O)C(O)COC(=O)C(O)c1ccc(O)c(O)c1.CC(=O)C(O)c1ccc(O)c(O)c1.CCC(O)C(O)C(O)C(O)COC(=O)c1ccc(O)c(O)c1.CCC(O)C(O)C(O)COC(=O)C(O)c1ccc(O)c(O)c1.CCCC(O)c1ccc(O)c(O)c1.CCc1ccc(O)c(O)c1.Cc1ccc(O)c(O)c1. The predicted molar refractivity (Wildman–Crippen MR) is 466 cm³/mol. The van der Waals surface area contributed by atoms with Crippen LogP contribution in [0.15, 0.2) is 146 Å². The van der Waals surface area contributed by atoms with Crippen molar-refractivity contribution < 1.29 is 226 Å².